The first-order chi connectivity index (χ1) is 12.0. The van der Waals surface area contributed by atoms with Crippen molar-refractivity contribution in [3.63, 3.8) is 0 Å². The second-order valence-corrected chi connectivity index (χ2v) is 6.32. The molecule has 1 aliphatic rings. The number of aryl methyl sites for hydroxylation is 1. The fourth-order valence-electron chi connectivity index (χ4n) is 2.76. The molecule has 25 heavy (non-hydrogen) atoms. The van der Waals surface area contributed by atoms with Gasteiger partial charge in [-0.15, -0.1) is 0 Å². The van der Waals surface area contributed by atoms with Crippen LogP contribution in [0.4, 0.5) is 11.4 Å². The lowest BCUT2D eigenvalue weighted by Crippen LogP contribution is -2.49. The van der Waals surface area contributed by atoms with Gasteiger partial charge in [0.15, 0.2) is 6.61 Å². The van der Waals surface area contributed by atoms with E-state index in [1.165, 1.54) is 10.5 Å². The van der Waals surface area contributed by atoms with Crippen LogP contribution in [-0.4, -0.2) is 24.5 Å². The zero-order valence-electron chi connectivity index (χ0n) is 14.1. The summed E-state index contributed by atoms with van der Waals surface area (Å²) < 4.78 is 5.41. The fraction of sp³-hybridized carbons (Fsp3) is 0.263. The zero-order valence-corrected chi connectivity index (χ0v) is 14.8. The summed E-state index contributed by atoms with van der Waals surface area (Å²) >= 11 is 6.04. The number of fused-ring (bicyclic) bond motifs is 1. The average Bonchev–Trinajstić information content (AvgIpc) is 2.61. The topological polar surface area (TPSA) is 58.6 Å². The van der Waals surface area contributed by atoms with E-state index in [1.807, 2.05) is 24.3 Å². The van der Waals surface area contributed by atoms with Crippen molar-refractivity contribution in [3.05, 3.63) is 53.1 Å². The number of anilines is 2. The number of nitrogens with zero attached hydrogens (tertiary/aromatic N) is 1. The Morgan fingerprint density at radius 3 is 2.68 bits per heavy atom. The Hall–Kier alpha value is -2.53. The smallest absolute Gasteiger partial charge is 0.265 e. The van der Waals surface area contributed by atoms with Crippen molar-refractivity contribution >= 4 is 34.8 Å². The molecule has 2 aromatic rings. The molecular formula is C19H19ClN2O3. The first kappa shape index (κ1) is 17.3. The third-order valence-corrected chi connectivity index (χ3v) is 4.43. The van der Waals surface area contributed by atoms with Crippen LogP contribution >= 0.6 is 11.6 Å². The molecule has 0 saturated heterocycles. The summed E-state index contributed by atoms with van der Waals surface area (Å²) in [6, 6.07) is 12.0. The van der Waals surface area contributed by atoms with E-state index in [-0.39, 0.29) is 18.4 Å². The van der Waals surface area contributed by atoms with Gasteiger partial charge in [0, 0.05) is 10.7 Å². The minimum atomic E-state index is -0.695. The van der Waals surface area contributed by atoms with Gasteiger partial charge in [-0.3, -0.25) is 14.5 Å². The minimum Gasteiger partial charge on any atom is -0.482 e. The third-order valence-electron chi connectivity index (χ3n) is 4.20. The van der Waals surface area contributed by atoms with Crippen LogP contribution in [0.2, 0.25) is 5.02 Å². The highest BCUT2D eigenvalue weighted by Gasteiger charge is 2.33. The number of benzene rings is 2. The van der Waals surface area contributed by atoms with Crippen LogP contribution in [0, 0.1) is 0 Å². The van der Waals surface area contributed by atoms with E-state index in [1.54, 1.807) is 25.1 Å². The Balaban J connectivity index is 1.81. The summed E-state index contributed by atoms with van der Waals surface area (Å²) in [5.41, 5.74) is 2.40. The number of hydrogen-bond acceptors (Lipinski definition) is 3. The second kappa shape index (κ2) is 7.15. The van der Waals surface area contributed by atoms with E-state index >= 15 is 0 Å². The van der Waals surface area contributed by atoms with Gasteiger partial charge in [0.1, 0.15) is 11.8 Å². The van der Waals surface area contributed by atoms with Crippen LogP contribution in [0.15, 0.2) is 42.5 Å². The van der Waals surface area contributed by atoms with E-state index in [0.29, 0.717) is 22.1 Å². The molecule has 0 saturated carbocycles. The Labute approximate surface area is 151 Å². The predicted octanol–water partition coefficient (Wildman–Crippen LogP) is 3.66. The standard InChI is InChI=1S/C19H19ClN2O3/c1-3-13-4-7-15(8-5-13)21-19(24)12(2)22-16-10-14(20)6-9-17(16)25-11-18(22)23/h4-10,12H,3,11H2,1-2H3,(H,21,24). The monoisotopic (exact) mass is 358 g/mol. The van der Waals surface area contributed by atoms with E-state index in [4.69, 9.17) is 16.3 Å². The molecule has 1 aliphatic heterocycles. The van der Waals surface area contributed by atoms with Crippen molar-refractivity contribution in [2.45, 2.75) is 26.3 Å². The molecule has 0 spiro atoms. The molecule has 1 N–H and O–H groups in total. The molecule has 0 radical (unpaired) electrons. The summed E-state index contributed by atoms with van der Waals surface area (Å²) in [6.07, 6.45) is 0.935. The molecule has 2 aromatic carbocycles. The third kappa shape index (κ3) is 3.61. The molecule has 0 bridgehead atoms. The number of nitrogens with one attached hydrogen (secondary N) is 1. The summed E-state index contributed by atoms with van der Waals surface area (Å²) in [7, 11) is 0. The van der Waals surface area contributed by atoms with Crippen molar-refractivity contribution in [1.29, 1.82) is 0 Å². The van der Waals surface area contributed by atoms with E-state index in [9.17, 15) is 9.59 Å². The van der Waals surface area contributed by atoms with Crippen LogP contribution in [-0.2, 0) is 16.0 Å². The van der Waals surface area contributed by atoms with Crippen LogP contribution < -0.4 is 15.0 Å². The molecule has 3 rings (SSSR count). The molecular weight excluding hydrogens is 340 g/mol. The highest BCUT2D eigenvalue weighted by atomic mass is 35.5. The molecule has 130 valence electrons. The summed E-state index contributed by atoms with van der Waals surface area (Å²) in [4.78, 5) is 26.4. The first-order valence-corrected chi connectivity index (χ1v) is 8.51. The number of ether oxygens (including phenoxy) is 1. The van der Waals surface area contributed by atoms with Crippen molar-refractivity contribution in [3.8, 4) is 5.75 Å². The zero-order chi connectivity index (χ0) is 18.0. The van der Waals surface area contributed by atoms with Gasteiger partial charge in [-0.05, 0) is 49.2 Å². The molecule has 0 fully saturated rings. The van der Waals surface area contributed by atoms with Gasteiger partial charge in [-0.2, -0.15) is 0 Å². The van der Waals surface area contributed by atoms with E-state index in [2.05, 4.69) is 12.2 Å². The molecule has 1 unspecified atom stereocenters. The maximum Gasteiger partial charge on any atom is 0.265 e. The normalized spacial score (nSPS) is 14.5. The van der Waals surface area contributed by atoms with Crippen molar-refractivity contribution in [2.24, 2.45) is 0 Å². The summed E-state index contributed by atoms with van der Waals surface area (Å²) in [5, 5.41) is 3.33. The fourth-order valence-corrected chi connectivity index (χ4v) is 2.92. The number of hydrogen-bond donors (Lipinski definition) is 1. The molecule has 1 heterocycles. The highest BCUT2D eigenvalue weighted by molar-refractivity contribution is 6.31. The number of carbonyl (C=O) groups excluding carboxylic acids is 2. The van der Waals surface area contributed by atoms with Gasteiger partial charge in [0.2, 0.25) is 5.91 Å². The van der Waals surface area contributed by atoms with Crippen molar-refractivity contribution < 1.29 is 14.3 Å². The molecule has 1 atom stereocenters. The van der Waals surface area contributed by atoms with Crippen molar-refractivity contribution in [1.82, 2.24) is 0 Å². The van der Waals surface area contributed by atoms with Crippen LogP contribution in [0.5, 0.6) is 5.75 Å². The number of carbonyl (C=O) groups is 2. The second-order valence-electron chi connectivity index (χ2n) is 5.88. The molecule has 0 aromatic heterocycles. The maximum atomic E-state index is 12.6. The van der Waals surface area contributed by atoms with Gasteiger partial charge in [-0.1, -0.05) is 30.7 Å². The Bertz CT molecular complexity index is 805. The van der Waals surface area contributed by atoms with Crippen LogP contribution in [0.3, 0.4) is 0 Å². The summed E-state index contributed by atoms with van der Waals surface area (Å²) in [6.45, 7) is 3.66. The van der Waals surface area contributed by atoms with Crippen LogP contribution in [0.25, 0.3) is 0 Å². The molecule has 0 aliphatic carbocycles. The Morgan fingerprint density at radius 2 is 2.00 bits per heavy atom. The number of rotatable bonds is 4. The average molecular weight is 359 g/mol. The van der Waals surface area contributed by atoms with Gasteiger partial charge >= 0.3 is 0 Å². The largest absolute Gasteiger partial charge is 0.482 e. The van der Waals surface area contributed by atoms with E-state index < -0.39 is 6.04 Å². The van der Waals surface area contributed by atoms with Gasteiger partial charge < -0.3 is 10.1 Å². The molecule has 5 nitrogen and oxygen atoms in total. The van der Waals surface area contributed by atoms with Gasteiger partial charge in [-0.25, -0.2) is 0 Å². The van der Waals surface area contributed by atoms with Crippen LogP contribution in [0.1, 0.15) is 19.4 Å². The Morgan fingerprint density at radius 1 is 1.28 bits per heavy atom. The highest BCUT2D eigenvalue weighted by Crippen LogP contribution is 2.35. The number of amides is 2. The van der Waals surface area contributed by atoms with Gasteiger partial charge in [0.05, 0.1) is 5.69 Å². The van der Waals surface area contributed by atoms with E-state index in [0.717, 1.165) is 6.42 Å². The molecule has 2 amide bonds. The maximum absolute atomic E-state index is 12.6. The summed E-state index contributed by atoms with van der Waals surface area (Å²) in [5.74, 6) is -0.0138. The van der Waals surface area contributed by atoms with Crippen molar-refractivity contribution in [2.75, 3.05) is 16.8 Å². The lowest BCUT2D eigenvalue weighted by molar-refractivity contribution is -0.125. The SMILES string of the molecule is CCc1ccc(NC(=O)C(C)N2C(=O)COc3ccc(Cl)cc32)cc1. The quantitative estimate of drug-likeness (QED) is 0.907. The minimum absolute atomic E-state index is 0.0998. The predicted molar refractivity (Wildman–Crippen MR) is 98.3 cm³/mol. The first-order valence-electron chi connectivity index (χ1n) is 8.14. The Kier molecular flexibility index (Phi) is 4.95. The number of halogens is 1. The lowest BCUT2D eigenvalue weighted by atomic mass is 10.1. The lowest BCUT2D eigenvalue weighted by Gasteiger charge is -2.33. The van der Waals surface area contributed by atoms with Gasteiger partial charge in [0.25, 0.3) is 5.91 Å². The molecule has 6 heteroatoms.